The average Bonchev–Trinajstić information content (AvgIpc) is 2.53. The largest absolute Gasteiger partial charge is 0.382 e. The lowest BCUT2D eigenvalue weighted by Gasteiger charge is -2.35. The number of allylic oxidation sites excluding steroid dienone is 2. The van der Waals surface area contributed by atoms with E-state index in [9.17, 15) is 0 Å². The van der Waals surface area contributed by atoms with E-state index in [0.29, 0.717) is 12.5 Å². The molecule has 1 fully saturated rings. The Labute approximate surface area is 128 Å². The Morgan fingerprint density at radius 2 is 2.38 bits per heavy atom. The molecule has 0 spiro atoms. The molecule has 1 aliphatic heterocycles. The summed E-state index contributed by atoms with van der Waals surface area (Å²) in [7, 11) is 1.72. The number of hydrogen-bond donors (Lipinski definition) is 1. The highest BCUT2D eigenvalue weighted by molar-refractivity contribution is 5.80. The predicted octanol–water partition coefficient (Wildman–Crippen LogP) is 1.66. The maximum absolute atomic E-state index is 5.71. The molecule has 5 heteroatoms. The van der Waals surface area contributed by atoms with Crippen molar-refractivity contribution >= 4 is 5.96 Å². The van der Waals surface area contributed by atoms with Crippen LogP contribution in [0.1, 0.15) is 26.2 Å². The van der Waals surface area contributed by atoms with Crippen molar-refractivity contribution in [2.75, 3.05) is 46.5 Å². The summed E-state index contributed by atoms with van der Waals surface area (Å²) in [6.45, 7) is 7.06. The van der Waals surface area contributed by atoms with E-state index in [2.05, 4.69) is 29.3 Å². The summed E-state index contributed by atoms with van der Waals surface area (Å²) >= 11 is 0. The lowest BCUT2D eigenvalue weighted by Crippen LogP contribution is -2.51. The average molecular weight is 295 g/mol. The van der Waals surface area contributed by atoms with E-state index in [1.165, 1.54) is 12.8 Å². The number of rotatable bonds is 5. The number of morpholine rings is 1. The van der Waals surface area contributed by atoms with Gasteiger partial charge in [-0.2, -0.15) is 0 Å². The van der Waals surface area contributed by atoms with Crippen LogP contribution >= 0.6 is 0 Å². The van der Waals surface area contributed by atoms with Crippen LogP contribution in [0.4, 0.5) is 0 Å². The summed E-state index contributed by atoms with van der Waals surface area (Å²) in [5.41, 5.74) is 0. The van der Waals surface area contributed by atoms with Crippen LogP contribution in [0.15, 0.2) is 17.1 Å². The van der Waals surface area contributed by atoms with Crippen molar-refractivity contribution in [3.63, 3.8) is 0 Å². The predicted molar refractivity (Wildman–Crippen MR) is 85.6 cm³/mol. The third-order valence-electron chi connectivity index (χ3n) is 4.00. The highest BCUT2D eigenvalue weighted by Gasteiger charge is 2.23. The Balaban J connectivity index is 1.91. The smallest absolute Gasteiger partial charge is 0.194 e. The van der Waals surface area contributed by atoms with Crippen molar-refractivity contribution in [2.45, 2.75) is 32.3 Å². The standard InChI is InChI=1S/C16H29N3O2/c1-3-17-16(18-11-14-7-5-4-6-8-14)19-9-10-21-15(12-19)13-20-2/h4-5,14-15H,3,6-13H2,1-2H3,(H,17,18). The number of guanidine groups is 1. The van der Waals surface area contributed by atoms with Gasteiger partial charge in [0.05, 0.1) is 19.3 Å². The van der Waals surface area contributed by atoms with E-state index in [1.54, 1.807) is 7.11 Å². The van der Waals surface area contributed by atoms with Crippen LogP contribution in [-0.4, -0.2) is 63.5 Å². The molecule has 120 valence electrons. The first-order valence-corrected chi connectivity index (χ1v) is 8.12. The molecule has 0 amide bonds. The monoisotopic (exact) mass is 295 g/mol. The molecule has 0 bridgehead atoms. The Hall–Kier alpha value is -1.07. The first-order valence-electron chi connectivity index (χ1n) is 8.12. The topological polar surface area (TPSA) is 46.1 Å². The van der Waals surface area contributed by atoms with E-state index in [1.807, 2.05) is 0 Å². The van der Waals surface area contributed by atoms with Crippen molar-refractivity contribution in [2.24, 2.45) is 10.9 Å². The number of aliphatic imine (C=N–C) groups is 1. The molecule has 1 heterocycles. The van der Waals surface area contributed by atoms with Crippen molar-refractivity contribution in [1.29, 1.82) is 0 Å². The fourth-order valence-electron chi connectivity index (χ4n) is 2.86. The van der Waals surface area contributed by atoms with Gasteiger partial charge in [0.2, 0.25) is 0 Å². The normalized spacial score (nSPS) is 27.0. The molecule has 1 aliphatic carbocycles. The van der Waals surface area contributed by atoms with Crippen LogP contribution in [0.3, 0.4) is 0 Å². The lowest BCUT2D eigenvalue weighted by atomic mass is 9.95. The number of nitrogens with one attached hydrogen (secondary N) is 1. The van der Waals surface area contributed by atoms with E-state index in [0.717, 1.165) is 45.2 Å². The number of ether oxygens (including phenoxy) is 2. The highest BCUT2D eigenvalue weighted by atomic mass is 16.5. The Morgan fingerprint density at radius 1 is 1.48 bits per heavy atom. The zero-order valence-electron chi connectivity index (χ0n) is 13.4. The third kappa shape index (κ3) is 5.32. The number of hydrogen-bond acceptors (Lipinski definition) is 3. The fourth-order valence-corrected chi connectivity index (χ4v) is 2.86. The second-order valence-electron chi connectivity index (χ2n) is 5.74. The summed E-state index contributed by atoms with van der Waals surface area (Å²) < 4.78 is 10.9. The quantitative estimate of drug-likeness (QED) is 0.476. The van der Waals surface area contributed by atoms with Gasteiger partial charge in [0.15, 0.2) is 5.96 Å². The molecule has 0 radical (unpaired) electrons. The molecule has 5 nitrogen and oxygen atoms in total. The van der Waals surface area contributed by atoms with Gasteiger partial charge >= 0.3 is 0 Å². The Bertz CT molecular complexity index is 355. The highest BCUT2D eigenvalue weighted by Crippen LogP contribution is 2.18. The van der Waals surface area contributed by atoms with Gasteiger partial charge in [-0.25, -0.2) is 0 Å². The SMILES string of the molecule is CCNC(=NCC1CC=CCC1)N1CCOC(COC)C1. The van der Waals surface area contributed by atoms with Crippen LogP contribution in [0, 0.1) is 5.92 Å². The summed E-state index contributed by atoms with van der Waals surface area (Å²) in [4.78, 5) is 7.16. The lowest BCUT2D eigenvalue weighted by molar-refractivity contribution is -0.0447. The van der Waals surface area contributed by atoms with Crippen LogP contribution in [-0.2, 0) is 9.47 Å². The van der Waals surface area contributed by atoms with Gasteiger partial charge in [0.1, 0.15) is 0 Å². The maximum Gasteiger partial charge on any atom is 0.194 e. The van der Waals surface area contributed by atoms with E-state index in [-0.39, 0.29) is 6.10 Å². The van der Waals surface area contributed by atoms with Gasteiger partial charge in [-0.15, -0.1) is 0 Å². The molecule has 1 saturated heterocycles. The van der Waals surface area contributed by atoms with E-state index < -0.39 is 0 Å². The molecule has 0 aromatic carbocycles. The van der Waals surface area contributed by atoms with Crippen LogP contribution in [0.5, 0.6) is 0 Å². The molecule has 0 aromatic rings. The number of nitrogens with zero attached hydrogens (tertiary/aromatic N) is 2. The number of methoxy groups -OCH3 is 1. The van der Waals surface area contributed by atoms with Gasteiger partial charge in [-0.3, -0.25) is 4.99 Å². The van der Waals surface area contributed by atoms with Gasteiger partial charge in [-0.1, -0.05) is 12.2 Å². The molecule has 0 aromatic heterocycles. The maximum atomic E-state index is 5.71. The first kappa shape index (κ1) is 16.3. The third-order valence-corrected chi connectivity index (χ3v) is 4.00. The Morgan fingerprint density at radius 3 is 3.10 bits per heavy atom. The Kier molecular flexibility index (Phi) is 7.03. The molecule has 2 unspecified atom stereocenters. The van der Waals surface area contributed by atoms with Crippen LogP contribution < -0.4 is 5.32 Å². The van der Waals surface area contributed by atoms with Crippen molar-refractivity contribution in [3.8, 4) is 0 Å². The van der Waals surface area contributed by atoms with Crippen molar-refractivity contribution < 1.29 is 9.47 Å². The minimum absolute atomic E-state index is 0.144. The molecule has 1 N–H and O–H groups in total. The molecule has 0 saturated carbocycles. The summed E-state index contributed by atoms with van der Waals surface area (Å²) in [6.07, 6.45) is 8.34. The second kappa shape index (κ2) is 9.05. The van der Waals surface area contributed by atoms with Gasteiger partial charge in [-0.05, 0) is 32.1 Å². The summed E-state index contributed by atoms with van der Waals surface area (Å²) in [5.74, 6) is 1.72. The summed E-state index contributed by atoms with van der Waals surface area (Å²) in [5, 5.41) is 3.42. The van der Waals surface area contributed by atoms with Gasteiger partial charge < -0.3 is 19.7 Å². The van der Waals surface area contributed by atoms with Crippen molar-refractivity contribution in [3.05, 3.63) is 12.2 Å². The molecule has 21 heavy (non-hydrogen) atoms. The molecule has 2 aliphatic rings. The fraction of sp³-hybridized carbons (Fsp3) is 0.812. The van der Waals surface area contributed by atoms with Gasteiger partial charge in [0.25, 0.3) is 0 Å². The van der Waals surface area contributed by atoms with Crippen LogP contribution in [0.2, 0.25) is 0 Å². The van der Waals surface area contributed by atoms with E-state index >= 15 is 0 Å². The van der Waals surface area contributed by atoms with E-state index in [4.69, 9.17) is 14.5 Å². The van der Waals surface area contributed by atoms with Crippen molar-refractivity contribution in [1.82, 2.24) is 10.2 Å². The zero-order valence-corrected chi connectivity index (χ0v) is 13.4. The zero-order chi connectivity index (χ0) is 14.9. The molecule has 2 rings (SSSR count). The minimum Gasteiger partial charge on any atom is -0.382 e. The van der Waals surface area contributed by atoms with Crippen LogP contribution in [0.25, 0.3) is 0 Å². The molecular weight excluding hydrogens is 266 g/mol. The van der Waals surface area contributed by atoms with Gasteiger partial charge in [0, 0.05) is 33.3 Å². The summed E-state index contributed by atoms with van der Waals surface area (Å²) in [6, 6.07) is 0. The first-order chi connectivity index (χ1) is 10.3. The minimum atomic E-state index is 0.144. The molecular formula is C16H29N3O2. The molecule has 2 atom stereocenters. The second-order valence-corrected chi connectivity index (χ2v) is 5.74.